The number of hydrogen-bond donors (Lipinski definition) is 0. The largest absolute Gasteiger partial charge is 0.338 e. The van der Waals surface area contributed by atoms with Crippen LogP contribution in [-0.4, -0.2) is 72.0 Å². The second-order valence-corrected chi connectivity index (χ2v) is 8.38. The van der Waals surface area contributed by atoms with E-state index in [2.05, 4.69) is 58.9 Å². The maximum absolute atomic E-state index is 13.3. The number of piperazine rings is 1. The quantitative estimate of drug-likeness (QED) is 0.705. The molecule has 160 valence electrons. The van der Waals surface area contributed by atoms with Crippen LogP contribution in [0.3, 0.4) is 0 Å². The van der Waals surface area contributed by atoms with Gasteiger partial charge in [0.05, 0.1) is 11.3 Å². The van der Waals surface area contributed by atoms with E-state index in [1.54, 1.807) is 6.20 Å². The topological polar surface area (TPSA) is 52.6 Å². The lowest BCUT2D eigenvalue weighted by Crippen LogP contribution is -2.45. The van der Waals surface area contributed by atoms with Gasteiger partial charge < -0.3 is 14.7 Å². The number of anilines is 1. The van der Waals surface area contributed by atoms with Gasteiger partial charge in [-0.15, -0.1) is 0 Å². The lowest BCUT2D eigenvalue weighted by Gasteiger charge is -2.32. The van der Waals surface area contributed by atoms with Gasteiger partial charge in [0, 0.05) is 45.5 Å². The predicted octanol–water partition coefficient (Wildman–Crippen LogP) is 3.35. The van der Waals surface area contributed by atoms with Gasteiger partial charge in [-0.25, -0.2) is 9.97 Å². The standard InChI is InChI=1S/C24H33N5O/c1-19(2)18-29(12-8-11-21-9-6-5-7-10-21)23(30)22-17-25-24(26-20(22)3)28-15-13-27(4)14-16-28/h5-11,17,19H,12-16,18H2,1-4H3. The zero-order valence-electron chi connectivity index (χ0n) is 18.6. The van der Waals surface area contributed by atoms with E-state index in [0.29, 0.717) is 24.6 Å². The van der Waals surface area contributed by atoms with Gasteiger partial charge >= 0.3 is 0 Å². The molecule has 0 aliphatic carbocycles. The van der Waals surface area contributed by atoms with Crippen molar-refractivity contribution in [3.05, 3.63) is 59.4 Å². The van der Waals surface area contributed by atoms with E-state index in [-0.39, 0.29) is 5.91 Å². The Labute approximate surface area is 180 Å². The molecule has 1 aromatic heterocycles. The summed E-state index contributed by atoms with van der Waals surface area (Å²) in [6, 6.07) is 10.1. The van der Waals surface area contributed by atoms with E-state index >= 15 is 0 Å². The molecule has 30 heavy (non-hydrogen) atoms. The Balaban J connectivity index is 1.72. The number of hydrogen-bond acceptors (Lipinski definition) is 5. The van der Waals surface area contributed by atoms with E-state index < -0.39 is 0 Å². The highest BCUT2D eigenvalue weighted by Gasteiger charge is 2.22. The monoisotopic (exact) mass is 407 g/mol. The number of amides is 1. The van der Waals surface area contributed by atoms with Crippen molar-refractivity contribution in [3.8, 4) is 0 Å². The molecule has 0 atom stereocenters. The van der Waals surface area contributed by atoms with Crippen molar-refractivity contribution in [3.63, 3.8) is 0 Å². The number of benzene rings is 1. The minimum atomic E-state index is -0.0103. The molecule has 0 N–H and O–H groups in total. The van der Waals surface area contributed by atoms with Crippen LogP contribution in [0.4, 0.5) is 5.95 Å². The lowest BCUT2D eigenvalue weighted by molar-refractivity contribution is 0.0754. The van der Waals surface area contributed by atoms with Crippen molar-refractivity contribution in [1.29, 1.82) is 0 Å². The van der Waals surface area contributed by atoms with Crippen molar-refractivity contribution in [2.45, 2.75) is 20.8 Å². The van der Waals surface area contributed by atoms with Gasteiger partial charge in [-0.3, -0.25) is 4.79 Å². The van der Waals surface area contributed by atoms with E-state index in [1.807, 2.05) is 36.1 Å². The minimum absolute atomic E-state index is 0.0103. The first-order chi connectivity index (χ1) is 14.4. The third-order valence-electron chi connectivity index (χ3n) is 5.29. The maximum Gasteiger partial charge on any atom is 0.257 e. The molecule has 1 amide bonds. The average molecular weight is 408 g/mol. The maximum atomic E-state index is 13.3. The second kappa shape index (κ2) is 10.3. The van der Waals surface area contributed by atoms with Gasteiger partial charge in [0.15, 0.2) is 0 Å². The second-order valence-electron chi connectivity index (χ2n) is 8.38. The summed E-state index contributed by atoms with van der Waals surface area (Å²) in [6.45, 7) is 11.2. The third-order valence-corrected chi connectivity index (χ3v) is 5.29. The summed E-state index contributed by atoms with van der Waals surface area (Å²) in [7, 11) is 2.13. The van der Waals surface area contributed by atoms with Crippen LogP contribution in [0.2, 0.25) is 0 Å². The summed E-state index contributed by atoms with van der Waals surface area (Å²) >= 11 is 0. The van der Waals surface area contributed by atoms with E-state index in [9.17, 15) is 4.79 Å². The van der Waals surface area contributed by atoms with Crippen molar-refractivity contribution in [2.75, 3.05) is 51.2 Å². The van der Waals surface area contributed by atoms with Crippen LogP contribution in [-0.2, 0) is 0 Å². The van der Waals surface area contributed by atoms with Crippen LogP contribution < -0.4 is 4.90 Å². The summed E-state index contributed by atoms with van der Waals surface area (Å²) in [5, 5.41) is 0. The number of carbonyl (C=O) groups excluding carboxylic acids is 1. The number of carbonyl (C=O) groups is 1. The molecule has 1 fully saturated rings. The molecule has 3 rings (SSSR count). The van der Waals surface area contributed by atoms with Gasteiger partial charge in [-0.1, -0.05) is 56.3 Å². The number of nitrogens with zero attached hydrogens (tertiary/aromatic N) is 5. The van der Waals surface area contributed by atoms with Crippen LogP contribution in [0.1, 0.15) is 35.5 Å². The Bertz CT molecular complexity index is 857. The van der Waals surface area contributed by atoms with Crippen molar-refractivity contribution in [2.24, 2.45) is 5.92 Å². The first-order valence-electron chi connectivity index (χ1n) is 10.7. The number of aryl methyl sites for hydroxylation is 1. The fraction of sp³-hybridized carbons (Fsp3) is 0.458. The van der Waals surface area contributed by atoms with Gasteiger partial charge in [0.2, 0.25) is 5.95 Å². The van der Waals surface area contributed by atoms with Gasteiger partial charge in [-0.2, -0.15) is 0 Å². The normalized spacial score (nSPS) is 15.2. The number of aromatic nitrogens is 2. The highest BCUT2D eigenvalue weighted by Crippen LogP contribution is 2.16. The summed E-state index contributed by atoms with van der Waals surface area (Å²) in [5.74, 6) is 1.09. The van der Waals surface area contributed by atoms with Crippen LogP contribution >= 0.6 is 0 Å². The molecule has 1 aromatic carbocycles. The number of rotatable bonds is 7. The van der Waals surface area contributed by atoms with Gasteiger partial charge in [0.1, 0.15) is 0 Å². The summed E-state index contributed by atoms with van der Waals surface area (Å²) in [6.07, 6.45) is 5.80. The van der Waals surface area contributed by atoms with Crippen LogP contribution in [0.5, 0.6) is 0 Å². The van der Waals surface area contributed by atoms with Crippen molar-refractivity contribution < 1.29 is 4.79 Å². The molecule has 2 aromatic rings. The highest BCUT2D eigenvalue weighted by molar-refractivity contribution is 5.95. The average Bonchev–Trinajstić information content (AvgIpc) is 2.73. The van der Waals surface area contributed by atoms with E-state index in [0.717, 1.165) is 43.4 Å². The fourth-order valence-electron chi connectivity index (χ4n) is 3.56. The first kappa shape index (κ1) is 22.0. The fourth-order valence-corrected chi connectivity index (χ4v) is 3.56. The Morgan fingerprint density at radius 3 is 2.50 bits per heavy atom. The molecule has 0 spiro atoms. The van der Waals surface area contributed by atoms with Crippen molar-refractivity contribution in [1.82, 2.24) is 19.8 Å². The molecule has 2 heterocycles. The third kappa shape index (κ3) is 5.89. The lowest BCUT2D eigenvalue weighted by atomic mass is 10.1. The van der Waals surface area contributed by atoms with E-state index in [1.165, 1.54) is 0 Å². The number of likely N-dealkylation sites (N-methyl/N-ethyl adjacent to an activating group) is 1. The minimum Gasteiger partial charge on any atom is -0.338 e. The Morgan fingerprint density at radius 2 is 1.87 bits per heavy atom. The molecule has 6 nitrogen and oxygen atoms in total. The van der Waals surface area contributed by atoms with Gasteiger partial charge in [-0.05, 0) is 25.5 Å². The smallest absolute Gasteiger partial charge is 0.257 e. The summed E-state index contributed by atoms with van der Waals surface area (Å²) in [5.41, 5.74) is 2.46. The van der Waals surface area contributed by atoms with Crippen molar-refractivity contribution >= 4 is 17.9 Å². The molecule has 1 aliphatic heterocycles. The molecular weight excluding hydrogens is 374 g/mol. The zero-order chi connectivity index (χ0) is 21.5. The van der Waals surface area contributed by atoms with Crippen LogP contribution in [0, 0.1) is 12.8 Å². The molecule has 1 aliphatic rings. The molecule has 1 saturated heterocycles. The SMILES string of the molecule is Cc1nc(N2CCN(C)CC2)ncc1C(=O)N(CC=Cc1ccccc1)CC(C)C. The van der Waals surface area contributed by atoms with Crippen LogP contribution in [0.25, 0.3) is 6.08 Å². The summed E-state index contributed by atoms with van der Waals surface area (Å²) < 4.78 is 0. The molecule has 0 radical (unpaired) electrons. The Kier molecular flexibility index (Phi) is 7.57. The zero-order valence-corrected chi connectivity index (χ0v) is 18.6. The van der Waals surface area contributed by atoms with Crippen LogP contribution in [0.15, 0.2) is 42.6 Å². The highest BCUT2D eigenvalue weighted by atomic mass is 16.2. The summed E-state index contributed by atoms with van der Waals surface area (Å²) in [4.78, 5) is 28.8. The Morgan fingerprint density at radius 1 is 1.17 bits per heavy atom. The molecule has 0 saturated carbocycles. The van der Waals surface area contributed by atoms with Gasteiger partial charge in [0.25, 0.3) is 5.91 Å². The molecule has 6 heteroatoms. The Hall–Kier alpha value is -2.73. The van der Waals surface area contributed by atoms with E-state index in [4.69, 9.17) is 0 Å². The molecular formula is C24H33N5O. The molecule has 0 bridgehead atoms. The predicted molar refractivity (Wildman–Crippen MR) is 123 cm³/mol. The first-order valence-corrected chi connectivity index (χ1v) is 10.7. The molecule has 0 unspecified atom stereocenters.